The highest BCUT2D eigenvalue weighted by Crippen LogP contribution is 2.37. The van der Waals surface area contributed by atoms with Gasteiger partial charge in [-0.1, -0.05) is 29.7 Å². The van der Waals surface area contributed by atoms with Crippen LogP contribution in [-0.4, -0.2) is 18.3 Å². The Kier molecular flexibility index (Phi) is 3.78. The Bertz CT molecular complexity index is 478. The van der Waals surface area contributed by atoms with Gasteiger partial charge in [0.2, 0.25) is 0 Å². The molecular weight excluding hydrogens is 265 g/mol. The van der Waals surface area contributed by atoms with Crippen LogP contribution in [-0.2, 0) is 9.31 Å². The summed E-state index contributed by atoms with van der Waals surface area (Å²) in [5.41, 5.74) is -0.457. The van der Waals surface area contributed by atoms with E-state index in [0.29, 0.717) is 10.6 Å². The Balaban J connectivity index is 2.18. The van der Waals surface area contributed by atoms with Crippen LogP contribution in [0.5, 0.6) is 0 Å². The van der Waals surface area contributed by atoms with Crippen LogP contribution in [0.15, 0.2) is 24.2 Å². The Labute approximate surface area is 118 Å². The first kappa shape index (κ1) is 14.6. The summed E-state index contributed by atoms with van der Waals surface area (Å²) >= 11 is 5.95. The molecule has 1 aliphatic heterocycles. The molecule has 1 aliphatic rings. The first-order chi connectivity index (χ1) is 8.73. The molecule has 1 aromatic rings. The molecule has 0 spiro atoms. The SMILES string of the molecule is CC1(C)OB(/C=C/c2c(F)cccc2Cl)OC1(C)C. The van der Waals surface area contributed by atoms with Gasteiger partial charge >= 0.3 is 7.12 Å². The molecule has 5 heteroatoms. The second-order valence-electron chi connectivity index (χ2n) is 5.62. The Hall–Kier alpha value is -0.835. The second-order valence-corrected chi connectivity index (χ2v) is 6.03. The van der Waals surface area contributed by atoms with E-state index in [1.54, 1.807) is 24.2 Å². The maximum absolute atomic E-state index is 13.6. The molecule has 0 bridgehead atoms. The van der Waals surface area contributed by atoms with Crippen molar-refractivity contribution in [1.82, 2.24) is 0 Å². The van der Waals surface area contributed by atoms with E-state index in [1.165, 1.54) is 6.07 Å². The number of hydrogen-bond donors (Lipinski definition) is 0. The summed E-state index contributed by atoms with van der Waals surface area (Å²) in [6.45, 7) is 7.88. The van der Waals surface area contributed by atoms with Gasteiger partial charge in [0.1, 0.15) is 5.82 Å². The molecule has 2 nitrogen and oxygen atoms in total. The van der Waals surface area contributed by atoms with Crippen molar-refractivity contribution in [1.29, 1.82) is 0 Å². The standard InChI is InChI=1S/C14H17BClFO2/c1-13(2)14(3,4)19-15(18-13)9-8-10-11(16)6-5-7-12(10)17/h5-9H,1-4H3/b9-8+. The van der Waals surface area contributed by atoms with Crippen molar-refractivity contribution < 1.29 is 13.7 Å². The van der Waals surface area contributed by atoms with Gasteiger partial charge in [-0.05, 0) is 39.8 Å². The lowest BCUT2D eigenvalue weighted by molar-refractivity contribution is 0.00578. The molecular formula is C14H17BClFO2. The van der Waals surface area contributed by atoms with Gasteiger partial charge in [-0.3, -0.25) is 0 Å². The second kappa shape index (κ2) is 4.93. The van der Waals surface area contributed by atoms with E-state index in [1.807, 2.05) is 27.7 Å². The molecule has 1 fully saturated rings. The molecule has 19 heavy (non-hydrogen) atoms. The van der Waals surface area contributed by atoms with E-state index in [-0.39, 0.29) is 5.82 Å². The first-order valence-electron chi connectivity index (χ1n) is 6.21. The van der Waals surface area contributed by atoms with Crippen molar-refractivity contribution in [3.8, 4) is 0 Å². The van der Waals surface area contributed by atoms with Crippen LogP contribution in [0.4, 0.5) is 4.39 Å². The van der Waals surface area contributed by atoms with Gasteiger partial charge in [-0.25, -0.2) is 4.39 Å². The van der Waals surface area contributed by atoms with E-state index >= 15 is 0 Å². The highest BCUT2D eigenvalue weighted by atomic mass is 35.5. The summed E-state index contributed by atoms with van der Waals surface area (Å²) in [7, 11) is -0.499. The summed E-state index contributed by atoms with van der Waals surface area (Å²) in [6.07, 6.45) is 1.60. The molecule has 1 aromatic carbocycles. The lowest BCUT2D eigenvalue weighted by Crippen LogP contribution is -2.41. The molecule has 0 unspecified atom stereocenters. The maximum atomic E-state index is 13.6. The average molecular weight is 283 g/mol. The molecule has 1 heterocycles. The number of halogens is 2. The normalized spacial score (nSPS) is 21.3. The van der Waals surface area contributed by atoms with E-state index < -0.39 is 18.3 Å². The third-order valence-corrected chi connectivity index (χ3v) is 4.02. The summed E-state index contributed by atoms with van der Waals surface area (Å²) in [5, 5.41) is 0.368. The van der Waals surface area contributed by atoms with Crippen molar-refractivity contribution in [2.24, 2.45) is 0 Å². The minimum atomic E-state index is -0.499. The van der Waals surface area contributed by atoms with E-state index in [4.69, 9.17) is 20.9 Å². The fourth-order valence-electron chi connectivity index (χ4n) is 1.81. The molecule has 0 atom stereocenters. The average Bonchev–Trinajstić information content (AvgIpc) is 2.46. The van der Waals surface area contributed by atoms with Gasteiger partial charge < -0.3 is 9.31 Å². The van der Waals surface area contributed by atoms with Gasteiger partial charge in [-0.2, -0.15) is 0 Å². The van der Waals surface area contributed by atoms with Crippen LogP contribution in [0.3, 0.4) is 0 Å². The first-order valence-corrected chi connectivity index (χ1v) is 6.58. The number of rotatable bonds is 2. The van der Waals surface area contributed by atoms with Crippen molar-refractivity contribution in [2.75, 3.05) is 0 Å². The molecule has 0 aliphatic carbocycles. The summed E-state index contributed by atoms with van der Waals surface area (Å²) < 4.78 is 25.2. The fourth-order valence-corrected chi connectivity index (χ4v) is 2.04. The number of benzene rings is 1. The molecule has 1 saturated heterocycles. The molecule has 2 rings (SSSR count). The predicted molar refractivity (Wildman–Crippen MR) is 76.5 cm³/mol. The molecule has 0 N–H and O–H groups in total. The molecule has 0 amide bonds. The minimum Gasteiger partial charge on any atom is -0.400 e. The van der Waals surface area contributed by atoms with Gasteiger partial charge in [0.15, 0.2) is 0 Å². The van der Waals surface area contributed by atoms with Crippen LogP contribution in [0.1, 0.15) is 33.3 Å². The van der Waals surface area contributed by atoms with Crippen LogP contribution in [0.25, 0.3) is 6.08 Å². The van der Waals surface area contributed by atoms with Gasteiger partial charge in [0.25, 0.3) is 0 Å². The zero-order valence-electron chi connectivity index (χ0n) is 11.5. The van der Waals surface area contributed by atoms with Crippen molar-refractivity contribution in [3.63, 3.8) is 0 Å². The lowest BCUT2D eigenvalue weighted by atomic mass is 9.89. The monoisotopic (exact) mass is 282 g/mol. The van der Waals surface area contributed by atoms with Crippen molar-refractivity contribution in [2.45, 2.75) is 38.9 Å². The van der Waals surface area contributed by atoms with E-state index in [2.05, 4.69) is 0 Å². The third-order valence-electron chi connectivity index (χ3n) is 3.69. The van der Waals surface area contributed by atoms with E-state index in [0.717, 1.165) is 0 Å². The highest BCUT2D eigenvalue weighted by molar-refractivity contribution is 6.52. The Morgan fingerprint density at radius 2 is 1.74 bits per heavy atom. The lowest BCUT2D eigenvalue weighted by Gasteiger charge is -2.32. The van der Waals surface area contributed by atoms with Gasteiger partial charge in [-0.15, -0.1) is 0 Å². The topological polar surface area (TPSA) is 18.5 Å². The van der Waals surface area contributed by atoms with E-state index in [9.17, 15) is 4.39 Å². The van der Waals surface area contributed by atoms with Crippen LogP contribution >= 0.6 is 11.6 Å². The Morgan fingerprint density at radius 1 is 1.16 bits per heavy atom. The largest absolute Gasteiger partial charge is 0.487 e. The summed E-state index contributed by atoms with van der Waals surface area (Å²) in [5.74, 6) is 1.32. The Morgan fingerprint density at radius 3 is 2.26 bits per heavy atom. The van der Waals surface area contributed by atoms with Crippen LogP contribution in [0, 0.1) is 5.82 Å². The van der Waals surface area contributed by atoms with Gasteiger partial charge in [0.05, 0.1) is 16.2 Å². The van der Waals surface area contributed by atoms with Crippen molar-refractivity contribution >= 4 is 24.8 Å². The summed E-state index contributed by atoms with van der Waals surface area (Å²) in [4.78, 5) is 0. The van der Waals surface area contributed by atoms with Crippen LogP contribution in [0.2, 0.25) is 5.02 Å². The highest BCUT2D eigenvalue weighted by Gasteiger charge is 2.50. The number of hydrogen-bond acceptors (Lipinski definition) is 2. The van der Waals surface area contributed by atoms with Gasteiger partial charge in [0, 0.05) is 5.56 Å². The zero-order chi connectivity index (χ0) is 14.3. The molecule has 0 saturated carbocycles. The zero-order valence-corrected chi connectivity index (χ0v) is 12.3. The minimum absolute atomic E-state index is 0.346. The molecule has 0 aromatic heterocycles. The quantitative estimate of drug-likeness (QED) is 0.760. The fraction of sp³-hybridized carbons (Fsp3) is 0.429. The molecule has 0 radical (unpaired) electrons. The summed E-state index contributed by atoms with van der Waals surface area (Å²) in [6, 6.07) is 4.59. The molecule has 102 valence electrons. The van der Waals surface area contributed by atoms with Crippen molar-refractivity contribution in [3.05, 3.63) is 40.6 Å². The smallest absolute Gasteiger partial charge is 0.400 e. The third kappa shape index (κ3) is 2.86. The van der Waals surface area contributed by atoms with Crippen LogP contribution < -0.4 is 0 Å². The maximum Gasteiger partial charge on any atom is 0.487 e. The predicted octanol–water partition coefficient (Wildman–Crippen LogP) is 4.12.